The molecule has 5 heterocycles. The molecule has 7 nitrogen and oxygen atoms in total. The highest BCUT2D eigenvalue weighted by atomic mass is 32.2. The number of piperidine rings is 1. The molecule has 144 valence electrons. The van der Waals surface area contributed by atoms with Crippen molar-refractivity contribution in [2.24, 2.45) is 15.7 Å². The number of hydrogen-bond donors (Lipinski definition) is 1. The summed E-state index contributed by atoms with van der Waals surface area (Å²) in [7, 11) is 0. The van der Waals surface area contributed by atoms with Gasteiger partial charge in [-0.2, -0.15) is 0 Å². The number of fused-ring (bicyclic) bond motifs is 3. The molecular weight excluding hydrogens is 362 g/mol. The van der Waals surface area contributed by atoms with E-state index in [1.165, 1.54) is 11.1 Å². The molecule has 2 N–H and O–H groups in total. The zero-order chi connectivity index (χ0) is 18.4. The Balaban J connectivity index is 1.44. The molecule has 0 aliphatic carbocycles. The fourth-order valence-electron chi connectivity index (χ4n) is 4.43. The minimum absolute atomic E-state index is 0.0514. The van der Waals surface area contributed by atoms with Crippen LogP contribution in [-0.2, 0) is 15.9 Å². The first-order valence-electron chi connectivity index (χ1n) is 9.77. The maximum absolute atomic E-state index is 6.14. The largest absolute Gasteiger partial charge is 0.386 e. The topological polar surface area (TPSA) is 85.3 Å². The van der Waals surface area contributed by atoms with Crippen LogP contribution < -0.4 is 10.6 Å². The smallest absolute Gasteiger partial charge is 0.171 e. The third-order valence-electron chi connectivity index (χ3n) is 5.82. The number of aryl methyl sites for hydroxylation is 1. The van der Waals surface area contributed by atoms with Gasteiger partial charge in [0.15, 0.2) is 5.79 Å². The van der Waals surface area contributed by atoms with Crippen molar-refractivity contribution in [3.63, 3.8) is 0 Å². The number of nitrogens with two attached hydrogens (primary N) is 1. The van der Waals surface area contributed by atoms with Gasteiger partial charge in [0.2, 0.25) is 0 Å². The number of ether oxygens (including phenoxy) is 2. The van der Waals surface area contributed by atoms with Gasteiger partial charge in [-0.05, 0) is 18.1 Å². The number of thioether (sulfide) groups is 1. The molecule has 0 amide bonds. The van der Waals surface area contributed by atoms with Crippen LogP contribution in [0.5, 0.6) is 0 Å². The van der Waals surface area contributed by atoms with Gasteiger partial charge < -0.3 is 20.1 Å². The summed E-state index contributed by atoms with van der Waals surface area (Å²) in [5.41, 5.74) is 8.74. The second-order valence-electron chi connectivity index (χ2n) is 7.50. The van der Waals surface area contributed by atoms with Crippen molar-refractivity contribution < 1.29 is 9.47 Å². The number of rotatable bonds is 3. The summed E-state index contributed by atoms with van der Waals surface area (Å²) in [6.45, 7) is 5.43. The monoisotopic (exact) mass is 387 g/mol. The summed E-state index contributed by atoms with van der Waals surface area (Å²) in [5.74, 6) is 1.34. The Morgan fingerprint density at radius 3 is 2.81 bits per heavy atom. The lowest BCUT2D eigenvalue weighted by Crippen LogP contribution is -2.45. The molecule has 0 aromatic carbocycles. The average Bonchev–Trinajstić information content (AvgIpc) is 3.28. The lowest BCUT2D eigenvalue weighted by Gasteiger charge is -2.38. The molecule has 1 aromatic heterocycles. The first-order valence-corrected chi connectivity index (χ1v) is 10.7. The van der Waals surface area contributed by atoms with Gasteiger partial charge in [0.05, 0.1) is 24.5 Å². The molecule has 27 heavy (non-hydrogen) atoms. The van der Waals surface area contributed by atoms with Crippen LogP contribution in [0, 0.1) is 0 Å². The van der Waals surface area contributed by atoms with Crippen LogP contribution in [0.3, 0.4) is 0 Å². The lowest BCUT2D eigenvalue weighted by molar-refractivity contribution is -0.169. The number of nitrogens with zero attached hydrogens (tertiary/aromatic N) is 4. The summed E-state index contributed by atoms with van der Waals surface area (Å²) < 4.78 is 11.7. The highest BCUT2D eigenvalue weighted by Gasteiger charge is 2.42. The van der Waals surface area contributed by atoms with Crippen LogP contribution in [-0.4, -0.2) is 54.5 Å². The SMILES string of the molecule is CCCc1cc(N2CCC3(CC2)OCCO3)nc2c1C1N=CN=C(N)C1S2. The van der Waals surface area contributed by atoms with E-state index in [2.05, 4.69) is 27.9 Å². The molecule has 0 bridgehead atoms. The zero-order valence-electron chi connectivity index (χ0n) is 15.6. The quantitative estimate of drug-likeness (QED) is 0.857. The van der Waals surface area contributed by atoms with E-state index in [9.17, 15) is 0 Å². The number of aromatic nitrogens is 1. The predicted octanol–water partition coefficient (Wildman–Crippen LogP) is 2.29. The van der Waals surface area contributed by atoms with Crippen molar-refractivity contribution in [3.8, 4) is 0 Å². The van der Waals surface area contributed by atoms with Gasteiger partial charge in [-0.15, -0.1) is 0 Å². The van der Waals surface area contributed by atoms with Gasteiger partial charge in [-0.1, -0.05) is 25.1 Å². The number of hydrogen-bond acceptors (Lipinski definition) is 8. The fourth-order valence-corrected chi connectivity index (χ4v) is 5.71. The molecule has 1 aromatic rings. The highest BCUT2D eigenvalue weighted by molar-refractivity contribution is 8.01. The van der Waals surface area contributed by atoms with Crippen LogP contribution >= 0.6 is 11.8 Å². The fraction of sp³-hybridized carbons (Fsp3) is 0.632. The molecule has 2 saturated heterocycles. The normalized spacial score (nSPS) is 28.3. The van der Waals surface area contributed by atoms with Gasteiger partial charge >= 0.3 is 0 Å². The lowest BCUT2D eigenvalue weighted by atomic mass is 9.96. The van der Waals surface area contributed by atoms with Crippen LogP contribution in [0.15, 0.2) is 21.1 Å². The maximum atomic E-state index is 6.14. The molecule has 0 radical (unpaired) electrons. The van der Waals surface area contributed by atoms with Crippen molar-refractivity contribution >= 4 is 29.8 Å². The molecule has 2 unspecified atom stereocenters. The van der Waals surface area contributed by atoms with E-state index < -0.39 is 0 Å². The summed E-state index contributed by atoms with van der Waals surface area (Å²) >= 11 is 1.71. The van der Waals surface area contributed by atoms with Gasteiger partial charge in [0, 0.05) is 31.5 Å². The maximum Gasteiger partial charge on any atom is 0.171 e. The minimum Gasteiger partial charge on any atom is -0.386 e. The van der Waals surface area contributed by atoms with E-state index in [4.69, 9.17) is 20.2 Å². The third kappa shape index (κ3) is 2.94. The van der Waals surface area contributed by atoms with Gasteiger partial charge in [0.25, 0.3) is 0 Å². The number of amidine groups is 1. The number of anilines is 1. The van der Waals surface area contributed by atoms with E-state index in [0.29, 0.717) is 19.0 Å². The van der Waals surface area contributed by atoms with E-state index in [1.807, 2.05) is 0 Å². The zero-order valence-corrected chi connectivity index (χ0v) is 16.4. The molecule has 0 saturated carbocycles. The van der Waals surface area contributed by atoms with E-state index in [-0.39, 0.29) is 17.1 Å². The molecule has 4 aliphatic heterocycles. The molecule has 2 atom stereocenters. The first kappa shape index (κ1) is 17.5. The van der Waals surface area contributed by atoms with Gasteiger partial charge in [0.1, 0.15) is 23.0 Å². The Kier molecular flexibility index (Phi) is 4.37. The average molecular weight is 388 g/mol. The second-order valence-corrected chi connectivity index (χ2v) is 8.64. The Morgan fingerprint density at radius 2 is 2.07 bits per heavy atom. The van der Waals surface area contributed by atoms with Crippen molar-refractivity contribution in [3.05, 3.63) is 17.2 Å². The van der Waals surface area contributed by atoms with Crippen LogP contribution in [0.1, 0.15) is 43.4 Å². The molecule has 8 heteroatoms. The van der Waals surface area contributed by atoms with E-state index >= 15 is 0 Å². The summed E-state index contributed by atoms with van der Waals surface area (Å²) in [4.78, 5) is 16.2. The molecule has 4 aliphatic rings. The van der Waals surface area contributed by atoms with Crippen molar-refractivity contribution in [2.45, 2.75) is 54.7 Å². The Morgan fingerprint density at radius 1 is 1.30 bits per heavy atom. The second kappa shape index (κ2) is 6.76. The summed E-state index contributed by atoms with van der Waals surface area (Å²) in [5, 5.41) is 1.14. The van der Waals surface area contributed by atoms with E-state index in [1.54, 1.807) is 18.1 Å². The summed E-state index contributed by atoms with van der Waals surface area (Å²) in [6, 6.07) is 2.31. The number of aliphatic imine (C=N–C) groups is 2. The highest BCUT2D eigenvalue weighted by Crippen LogP contribution is 2.49. The van der Waals surface area contributed by atoms with Crippen LogP contribution in [0.4, 0.5) is 5.82 Å². The van der Waals surface area contributed by atoms with Crippen molar-refractivity contribution in [2.75, 3.05) is 31.2 Å². The minimum atomic E-state index is -0.358. The standard InChI is InChI=1S/C19H25N5O2S/c1-2-3-12-10-13(24-6-4-19(5-7-24)25-8-9-26-19)23-18-14(12)15-16(27-18)17(20)22-11-21-15/h10-11,15-16H,2-9H2,1H3,(H2,20,21,22). The first-order chi connectivity index (χ1) is 13.2. The predicted molar refractivity (Wildman–Crippen MR) is 107 cm³/mol. The molecule has 1 spiro atoms. The molecular formula is C19H25N5O2S. The Bertz CT molecular complexity index is 796. The summed E-state index contributed by atoms with van der Waals surface area (Å²) in [6.07, 6.45) is 5.49. The third-order valence-corrected chi connectivity index (χ3v) is 7.11. The molecule has 2 fully saturated rings. The van der Waals surface area contributed by atoms with Crippen LogP contribution in [0.2, 0.25) is 0 Å². The van der Waals surface area contributed by atoms with Gasteiger partial charge in [-0.3, -0.25) is 4.99 Å². The van der Waals surface area contributed by atoms with Crippen molar-refractivity contribution in [1.82, 2.24) is 4.98 Å². The Hall–Kier alpha value is -1.64. The Labute approximate surface area is 163 Å². The molecule has 5 rings (SSSR count). The van der Waals surface area contributed by atoms with Gasteiger partial charge in [-0.25, -0.2) is 9.98 Å². The number of pyridine rings is 1. The van der Waals surface area contributed by atoms with Crippen molar-refractivity contribution in [1.29, 1.82) is 0 Å². The van der Waals surface area contributed by atoms with E-state index in [0.717, 1.165) is 49.6 Å². The van der Waals surface area contributed by atoms with Crippen LogP contribution in [0.25, 0.3) is 0 Å².